The molecule has 0 aromatic heterocycles. The second-order valence-corrected chi connectivity index (χ2v) is 8.75. The zero-order valence-electron chi connectivity index (χ0n) is 17.2. The molecular formula is C20H23N5O6S. The van der Waals surface area contributed by atoms with Crippen LogP contribution in [0, 0.1) is 5.21 Å². The molecule has 1 aromatic rings. The molecular weight excluding hydrogens is 438 g/mol. The first-order chi connectivity index (χ1) is 15.5. The largest absolute Gasteiger partial charge is 0.569 e. The maximum atomic E-state index is 12.7. The van der Waals surface area contributed by atoms with Gasteiger partial charge in [0.25, 0.3) is 5.91 Å². The Kier molecular flexibility index (Phi) is 6.49. The predicted octanol–water partition coefficient (Wildman–Crippen LogP) is 0.873. The minimum atomic E-state index is -1.27. The van der Waals surface area contributed by atoms with Crippen molar-refractivity contribution < 1.29 is 29.3 Å². The van der Waals surface area contributed by atoms with Gasteiger partial charge in [0, 0.05) is 11.3 Å². The Morgan fingerprint density at radius 2 is 2.00 bits per heavy atom. The summed E-state index contributed by atoms with van der Waals surface area (Å²) in [5.41, 5.74) is 0.987. The molecule has 0 spiro atoms. The Morgan fingerprint density at radius 3 is 2.69 bits per heavy atom. The van der Waals surface area contributed by atoms with Gasteiger partial charge in [-0.1, -0.05) is 30.3 Å². The fraction of sp³-hybridized carbons (Fsp3) is 0.450. The Hall–Kier alpha value is -3.28. The molecule has 2 fully saturated rings. The molecule has 2 atom stereocenters. The third-order valence-electron chi connectivity index (χ3n) is 5.46. The van der Waals surface area contributed by atoms with E-state index in [9.17, 15) is 24.7 Å². The minimum Gasteiger partial charge on any atom is -0.569 e. The summed E-state index contributed by atoms with van der Waals surface area (Å²) in [6, 6.07) is 8.35. The number of nitrogens with one attached hydrogen (secondary N) is 1. The molecule has 3 heterocycles. The van der Waals surface area contributed by atoms with Gasteiger partial charge in [-0.05, 0) is 18.4 Å². The van der Waals surface area contributed by atoms with E-state index < -0.39 is 23.3 Å². The predicted molar refractivity (Wildman–Crippen MR) is 113 cm³/mol. The molecule has 1 aromatic carbocycles. The lowest BCUT2D eigenvalue weighted by Crippen LogP contribution is -2.70. The van der Waals surface area contributed by atoms with E-state index in [1.807, 2.05) is 30.3 Å². The Labute approximate surface area is 188 Å². The smallest absolute Gasteiger partial charge is 0.352 e. The first-order valence-electron chi connectivity index (χ1n) is 10.2. The van der Waals surface area contributed by atoms with Crippen molar-refractivity contribution in [1.82, 2.24) is 15.2 Å². The first kappa shape index (κ1) is 21.9. The molecule has 2 saturated heterocycles. The molecule has 170 valence electrons. The molecule has 3 aliphatic rings. The highest BCUT2D eigenvalue weighted by atomic mass is 32.2. The molecule has 0 radical (unpaired) electrons. The van der Waals surface area contributed by atoms with Gasteiger partial charge in [-0.15, -0.1) is 16.8 Å². The number of aliphatic carboxylic acids is 1. The van der Waals surface area contributed by atoms with E-state index >= 15 is 0 Å². The van der Waals surface area contributed by atoms with Crippen LogP contribution in [-0.2, 0) is 25.6 Å². The number of rotatable bonds is 8. The van der Waals surface area contributed by atoms with Crippen molar-refractivity contribution in [2.45, 2.75) is 30.7 Å². The van der Waals surface area contributed by atoms with Crippen LogP contribution in [0.2, 0.25) is 0 Å². The number of carbonyl (C=O) groups is 3. The lowest BCUT2D eigenvalue weighted by Gasteiger charge is -2.49. The van der Waals surface area contributed by atoms with Crippen molar-refractivity contribution in [3.8, 4) is 0 Å². The number of carboxylic acids is 1. The summed E-state index contributed by atoms with van der Waals surface area (Å²) in [4.78, 5) is 43.5. The number of carbonyl (C=O) groups excluding carboxylic acids is 2. The molecule has 4 rings (SSSR count). The van der Waals surface area contributed by atoms with Gasteiger partial charge in [0.2, 0.25) is 11.2 Å². The Morgan fingerprint density at radius 1 is 1.28 bits per heavy atom. The van der Waals surface area contributed by atoms with Gasteiger partial charge in [0.05, 0.1) is 24.5 Å². The summed E-state index contributed by atoms with van der Waals surface area (Å²) in [7, 11) is 0. The van der Waals surface area contributed by atoms with E-state index in [2.05, 4.69) is 10.6 Å². The van der Waals surface area contributed by atoms with Gasteiger partial charge in [-0.2, -0.15) is 0 Å². The van der Waals surface area contributed by atoms with Crippen LogP contribution < -0.4 is 5.32 Å². The van der Waals surface area contributed by atoms with E-state index in [1.54, 1.807) is 0 Å². The molecule has 2 amide bonds. The van der Waals surface area contributed by atoms with E-state index in [-0.39, 0.29) is 30.4 Å². The Balaban J connectivity index is 1.38. The molecule has 0 bridgehead atoms. The van der Waals surface area contributed by atoms with Crippen LogP contribution >= 0.6 is 11.8 Å². The summed E-state index contributed by atoms with van der Waals surface area (Å²) < 4.78 is 0. The summed E-state index contributed by atoms with van der Waals surface area (Å²) in [5.74, 6) is -1.78. The third kappa shape index (κ3) is 4.49. The lowest BCUT2D eigenvalue weighted by atomic mass is 10.0. The number of β-lactam (4-membered cyclic amide) rings is 1. The highest BCUT2D eigenvalue weighted by molar-refractivity contribution is 8.00. The third-order valence-corrected chi connectivity index (χ3v) is 6.80. The topological polar surface area (TPSA) is 138 Å². The number of hydrogen-bond acceptors (Lipinski definition) is 7. The molecule has 11 nitrogen and oxygen atoms in total. The molecule has 0 saturated carbocycles. The molecule has 12 heteroatoms. The molecule has 2 unspecified atom stereocenters. The van der Waals surface area contributed by atoms with Crippen molar-refractivity contribution in [1.29, 1.82) is 0 Å². The summed E-state index contributed by atoms with van der Waals surface area (Å²) in [5, 5.41) is 28.7. The maximum Gasteiger partial charge on any atom is 0.352 e. The van der Waals surface area contributed by atoms with E-state index in [1.165, 1.54) is 16.8 Å². The van der Waals surface area contributed by atoms with Crippen LogP contribution in [0.4, 0.5) is 0 Å². The number of fused-ring (bicyclic) bond motifs is 1. The van der Waals surface area contributed by atoms with Gasteiger partial charge in [0.1, 0.15) is 23.7 Å². The van der Waals surface area contributed by atoms with Crippen molar-refractivity contribution in [2.75, 3.05) is 25.4 Å². The second kappa shape index (κ2) is 9.47. The first-order valence-corrected chi connectivity index (χ1v) is 11.3. The van der Waals surface area contributed by atoms with Crippen molar-refractivity contribution in [3.63, 3.8) is 0 Å². The normalized spacial score (nSPS) is 23.0. The highest BCUT2D eigenvalue weighted by Crippen LogP contribution is 2.40. The molecule has 3 aliphatic heterocycles. The summed E-state index contributed by atoms with van der Waals surface area (Å²) in [6.45, 7) is 0.968. The highest BCUT2D eigenvalue weighted by Gasteiger charge is 2.54. The number of hydrazine groups is 1. The van der Waals surface area contributed by atoms with Crippen molar-refractivity contribution in [3.05, 3.63) is 52.4 Å². The van der Waals surface area contributed by atoms with Crippen molar-refractivity contribution in [2.24, 2.45) is 5.28 Å². The van der Waals surface area contributed by atoms with Gasteiger partial charge in [0.15, 0.2) is 0 Å². The fourth-order valence-electron chi connectivity index (χ4n) is 3.88. The van der Waals surface area contributed by atoms with Gasteiger partial charge < -0.3 is 20.5 Å². The van der Waals surface area contributed by atoms with E-state index in [0.717, 1.165) is 23.3 Å². The van der Waals surface area contributed by atoms with Crippen LogP contribution in [0.25, 0.3) is 0 Å². The zero-order chi connectivity index (χ0) is 22.7. The van der Waals surface area contributed by atoms with Crippen LogP contribution in [0.5, 0.6) is 0 Å². The number of nitrogens with zero attached hydrogens (tertiary/aromatic N) is 4. The fourth-order valence-corrected chi connectivity index (χ4v) is 5.21. The van der Waals surface area contributed by atoms with Gasteiger partial charge in [-0.3, -0.25) is 14.5 Å². The van der Waals surface area contributed by atoms with E-state index in [4.69, 9.17) is 4.84 Å². The average molecular weight is 462 g/mol. The van der Waals surface area contributed by atoms with Gasteiger partial charge in [-0.25, -0.2) is 4.79 Å². The molecule has 0 aliphatic carbocycles. The number of amides is 2. The van der Waals surface area contributed by atoms with Crippen LogP contribution in [0.1, 0.15) is 18.4 Å². The van der Waals surface area contributed by atoms with Crippen LogP contribution in [0.3, 0.4) is 0 Å². The molecule has 2 N–H and O–H groups in total. The average Bonchev–Trinajstić information content (AvgIpc) is 3.32. The number of benzene rings is 1. The lowest BCUT2D eigenvalue weighted by molar-refractivity contribution is -0.707. The van der Waals surface area contributed by atoms with Gasteiger partial charge >= 0.3 is 5.97 Å². The summed E-state index contributed by atoms with van der Waals surface area (Å²) >= 11 is 1.33. The second-order valence-electron chi connectivity index (χ2n) is 7.64. The number of thioether (sulfide) groups is 1. The zero-order valence-corrected chi connectivity index (χ0v) is 18.0. The maximum absolute atomic E-state index is 12.7. The Bertz CT molecular complexity index is 962. The number of hydrogen-bond donors (Lipinski definition) is 2. The SMILES string of the molecule is O=C(Cc1ccccc1)NC1C(=O)N2C(C(=O)O)=C(CO/N=[N+](\[O-])N3CCCC3)CSC12. The van der Waals surface area contributed by atoms with Crippen LogP contribution in [-0.4, -0.2) is 74.6 Å². The quantitative estimate of drug-likeness (QED) is 0.252. The molecule has 32 heavy (non-hydrogen) atoms. The monoisotopic (exact) mass is 461 g/mol. The summed E-state index contributed by atoms with van der Waals surface area (Å²) in [6.07, 6.45) is 1.94. The minimum absolute atomic E-state index is 0.132. The van der Waals surface area contributed by atoms with Crippen molar-refractivity contribution >= 4 is 29.5 Å². The number of carboxylic acid groups (broad SMARTS) is 1. The van der Waals surface area contributed by atoms with Crippen LogP contribution in [0.15, 0.2) is 46.9 Å². The van der Waals surface area contributed by atoms with E-state index in [0.29, 0.717) is 23.6 Å². The standard InChI is InChI=1S/C20H23N5O6S/c26-15(10-13-6-2-1-3-7-13)21-16-18(27)24-17(20(28)29)14(12-32-19(16)24)11-31-22-25(30)23-8-4-5-9-23/h1-3,6-7,16,19H,4-5,8-12H2,(H,21,26)(H,28,29)/b25-22-.